The summed E-state index contributed by atoms with van der Waals surface area (Å²) in [5, 5.41) is 0. The van der Waals surface area contributed by atoms with Gasteiger partial charge >= 0.3 is 0 Å². The van der Waals surface area contributed by atoms with E-state index in [9.17, 15) is 4.39 Å². The third-order valence-electron chi connectivity index (χ3n) is 1.08. The van der Waals surface area contributed by atoms with Crippen molar-refractivity contribution in [1.82, 2.24) is 4.98 Å². The molecule has 0 unspecified atom stereocenters. The fraction of sp³-hybridized carbons (Fsp3) is 0.167. The summed E-state index contributed by atoms with van der Waals surface area (Å²) in [6.45, 7) is 0.320. The Morgan fingerprint density at radius 1 is 1.70 bits per heavy atom. The summed E-state index contributed by atoms with van der Waals surface area (Å²) < 4.78 is 13.0. The van der Waals surface area contributed by atoms with Crippen LogP contribution in [0.3, 0.4) is 0 Å². The summed E-state index contributed by atoms with van der Waals surface area (Å²) in [6, 6.07) is 1.34. The van der Waals surface area contributed by atoms with Crippen molar-refractivity contribution >= 4 is 15.9 Å². The first-order valence-electron chi connectivity index (χ1n) is 2.74. The van der Waals surface area contributed by atoms with Crippen molar-refractivity contribution < 1.29 is 4.39 Å². The predicted molar refractivity (Wildman–Crippen MR) is 39.8 cm³/mol. The van der Waals surface area contributed by atoms with Gasteiger partial charge in [0.2, 0.25) is 0 Å². The zero-order valence-electron chi connectivity index (χ0n) is 5.14. The van der Waals surface area contributed by atoms with Gasteiger partial charge in [-0.1, -0.05) is 0 Å². The van der Waals surface area contributed by atoms with Gasteiger partial charge in [-0.3, -0.25) is 4.98 Å². The third kappa shape index (κ3) is 1.52. The van der Waals surface area contributed by atoms with Gasteiger partial charge in [-0.2, -0.15) is 0 Å². The van der Waals surface area contributed by atoms with Crippen molar-refractivity contribution in [2.75, 3.05) is 0 Å². The third-order valence-corrected chi connectivity index (χ3v) is 1.76. The van der Waals surface area contributed by atoms with E-state index in [0.29, 0.717) is 16.7 Å². The van der Waals surface area contributed by atoms with Crippen LogP contribution in [-0.2, 0) is 6.54 Å². The molecule has 0 aliphatic heterocycles. The Bertz CT molecular complexity index is 239. The molecule has 4 heteroatoms. The van der Waals surface area contributed by atoms with Crippen LogP contribution in [0.15, 0.2) is 16.7 Å². The number of nitrogens with two attached hydrogens (primary N) is 1. The van der Waals surface area contributed by atoms with Gasteiger partial charge in [-0.05, 0) is 22.0 Å². The molecule has 10 heavy (non-hydrogen) atoms. The van der Waals surface area contributed by atoms with E-state index >= 15 is 0 Å². The average Bonchev–Trinajstić information content (AvgIpc) is 1.88. The molecule has 1 rings (SSSR count). The second-order valence-electron chi connectivity index (χ2n) is 1.79. The maximum Gasteiger partial charge on any atom is 0.142 e. The predicted octanol–water partition coefficient (Wildman–Crippen LogP) is 1.44. The molecule has 0 bridgehead atoms. The van der Waals surface area contributed by atoms with Gasteiger partial charge < -0.3 is 5.73 Å². The number of aromatic nitrogens is 1. The first kappa shape index (κ1) is 7.63. The highest BCUT2D eigenvalue weighted by Crippen LogP contribution is 2.14. The molecule has 0 fully saturated rings. The first-order valence-corrected chi connectivity index (χ1v) is 3.53. The summed E-state index contributed by atoms with van der Waals surface area (Å²) in [5.74, 6) is -0.357. The van der Waals surface area contributed by atoms with E-state index in [4.69, 9.17) is 5.73 Å². The fourth-order valence-corrected chi connectivity index (χ4v) is 1.08. The van der Waals surface area contributed by atoms with Gasteiger partial charge in [0.1, 0.15) is 5.82 Å². The second-order valence-corrected chi connectivity index (χ2v) is 2.64. The molecular formula is C6H6BrFN2. The molecule has 54 valence electrons. The lowest BCUT2D eigenvalue weighted by Crippen LogP contribution is -2.00. The van der Waals surface area contributed by atoms with Crippen molar-refractivity contribution in [2.24, 2.45) is 5.73 Å². The van der Waals surface area contributed by atoms with Gasteiger partial charge in [0.05, 0.1) is 11.9 Å². The Morgan fingerprint density at radius 3 is 2.90 bits per heavy atom. The number of hydrogen-bond acceptors (Lipinski definition) is 2. The van der Waals surface area contributed by atoms with E-state index in [0.717, 1.165) is 6.20 Å². The van der Waals surface area contributed by atoms with Crippen LogP contribution >= 0.6 is 15.9 Å². The van der Waals surface area contributed by atoms with Gasteiger partial charge in [0, 0.05) is 11.0 Å². The molecule has 2 N–H and O–H groups in total. The molecule has 2 nitrogen and oxygen atoms in total. The highest BCUT2D eigenvalue weighted by Gasteiger charge is 1.99. The number of rotatable bonds is 1. The van der Waals surface area contributed by atoms with Crippen molar-refractivity contribution in [3.05, 3.63) is 28.2 Å². The topological polar surface area (TPSA) is 38.9 Å². The summed E-state index contributed by atoms with van der Waals surface area (Å²) in [5.41, 5.74) is 5.95. The first-order chi connectivity index (χ1) is 4.74. The summed E-state index contributed by atoms with van der Waals surface area (Å²) >= 11 is 3.12. The van der Waals surface area contributed by atoms with E-state index in [1.807, 2.05) is 0 Å². The number of halogens is 2. The van der Waals surface area contributed by atoms with Gasteiger partial charge in [-0.25, -0.2) is 4.39 Å². The largest absolute Gasteiger partial charge is 0.325 e. The Hall–Kier alpha value is -0.480. The Labute approximate surface area is 66.4 Å². The van der Waals surface area contributed by atoms with Crippen molar-refractivity contribution in [3.63, 3.8) is 0 Å². The lowest BCUT2D eigenvalue weighted by atomic mass is 10.3. The molecule has 0 aromatic carbocycles. The minimum atomic E-state index is -0.357. The lowest BCUT2D eigenvalue weighted by Gasteiger charge is -1.97. The van der Waals surface area contributed by atoms with Gasteiger partial charge in [0.15, 0.2) is 0 Å². The van der Waals surface area contributed by atoms with E-state index in [1.165, 1.54) is 6.07 Å². The maximum atomic E-state index is 12.4. The lowest BCUT2D eigenvalue weighted by molar-refractivity contribution is 0.617. The van der Waals surface area contributed by atoms with Crippen LogP contribution in [0.2, 0.25) is 0 Å². The Morgan fingerprint density at radius 2 is 2.40 bits per heavy atom. The standard InChI is InChI=1S/C6H6BrFN2/c7-5-1-4(8)3-10-6(5)2-9/h1,3H,2,9H2. The number of nitrogens with zero attached hydrogens (tertiary/aromatic N) is 1. The Kier molecular flexibility index (Phi) is 2.34. The second kappa shape index (κ2) is 3.07. The van der Waals surface area contributed by atoms with E-state index in [2.05, 4.69) is 20.9 Å². The minimum Gasteiger partial charge on any atom is -0.325 e. The quantitative estimate of drug-likeness (QED) is 0.753. The van der Waals surface area contributed by atoms with Crippen molar-refractivity contribution in [2.45, 2.75) is 6.54 Å². The van der Waals surface area contributed by atoms with Crippen LogP contribution in [0, 0.1) is 5.82 Å². The monoisotopic (exact) mass is 204 g/mol. The van der Waals surface area contributed by atoms with Crippen LogP contribution in [0.1, 0.15) is 5.69 Å². The Balaban J connectivity index is 3.07. The number of pyridine rings is 1. The maximum absolute atomic E-state index is 12.4. The molecule has 1 aromatic heterocycles. The van der Waals surface area contributed by atoms with E-state index in [1.54, 1.807) is 0 Å². The summed E-state index contributed by atoms with van der Waals surface area (Å²) in [6.07, 6.45) is 1.15. The van der Waals surface area contributed by atoms with Crippen LogP contribution in [0.5, 0.6) is 0 Å². The van der Waals surface area contributed by atoms with Crippen LogP contribution in [0.25, 0.3) is 0 Å². The zero-order chi connectivity index (χ0) is 7.56. The molecule has 0 saturated carbocycles. The van der Waals surface area contributed by atoms with E-state index in [-0.39, 0.29) is 5.82 Å². The smallest absolute Gasteiger partial charge is 0.142 e. The van der Waals surface area contributed by atoms with Crippen LogP contribution < -0.4 is 5.73 Å². The van der Waals surface area contributed by atoms with Crippen molar-refractivity contribution in [3.8, 4) is 0 Å². The van der Waals surface area contributed by atoms with Gasteiger partial charge in [0.25, 0.3) is 0 Å². The average molecular weight is 205 g/mol. The molecule has 0 amide bonds. The SMILES string of the molecule is NCc1ncc(F)cc1Br. The molecule has 0 aliphatic rings. The van der Waals surface area contributed by atoms with Crippen LogP contribution in [-0.4, -0.2) is 4.98 Å². The molecule has 0 radical (unpaired) electrons. The molecular weight excluding hydrogens is 199 g/mol. The molecule has 0 atom stereocenters. The molecule has 0 aliphatic carbocycles. The highest BCUT2D eigenvalue weighted by atomic mass is 79.9. The summed E-state index contributed by atoms with van der Waals surface area (Å²) in [7, 11) is 0. The molecule has 0 saturated heterocycles. The minimum absolute atomic E-state index is 0.320. The van der Waals surface area contributed by atoms with E-state index < -0.39 is 0 Å². The molecule has 0 spiro atoms. The fourth-order valence-electron chi connectivity index (χ4n) is 0.593. The van der Waals surface area contributed by atoms with Crippen LogP contribution in [0.4, 0.5) is 4.39 Å². The molecule has 1 heterocycles. The zero-order valence-corrected chi connectivity index (χ0v) is 6.73. The highest BCUT2D eigenvalue weighted by molar-refractivity contribution is 9.10. The summed E-state index contributed by atoms with van der Waals surface area (Å²) in [4.78, 5) is 3.75. The van der Waals surface area contributed by atoms with Gasteiger partial charge in [-0.15, -0.1) is 0 Å². The normalized spacial score (nSPS) is 9.90. The number of hydrogen-bond donors (Lipinski definition) is 1. The van der Waals surface area contributed by atoms with Crippen molar-refractivity contribution in [1.29, 1.82) is 0 Å². The molecule has 1 aromatic rings.